The molecule has 30 heavy (non-hydrogen) atoms. The molecule has 6 nitrogen and oxygen atoms in total. The lowest BCUT2D eigenvalue weighted by Crippen LogP contribution is -2.29. The van der Waals surface area contributed by atoms with Crippen LogP contribution >= 0.6 is 22.9 Å². The number of anilines is 3. The Balaban J connectivity index is 1.66. The summed E-state index contributed by atoms with van der Waals surface area (Å²) in [4.78, 5) is 5.59. The zero-order chi connectivity index (χ0) is 21.5. The fourth-order valence-corrected chi connectivity index (χ4v) is 5.07. The van der Waals surface area contributed by atoms with Gasteiger partial charge < -0.3 is 9.64 Å². The van der Waals surface area contributed by atoms with Crippen LogP contribution in [0, 0.1) is 0 Å². The molecule has 12 heteroatoms. The van der Waals surface area contributed by atoms with E-state index in [2.05, 4.69) is 9.71 Å². The molecular weight excluding hydrogens is 463 g/mol. The lowest BCUT2D eigenvalue weighted by Gasteiger charge is -2.32. The molecule has 0 radical (unpaired) electrons. The molecule has 4 rings (SSSR count). The van der Waals surface area contributed by atoms with Crippen molar-refractivity contribution >= 4 is 49.5 Å². The number of alkyl halides is 3. The quantitative estimate of drug-likeness (QED) is 0.565. The van der Waals surface area contributed by atoms with Crippen molar-refractivity contribution < 1.29 is 26.3 Å². The van der Waals surface area contributed by atoms with Crippen molar-refractivity contribution in [3.63, 3.8) is 0 Å². The molecule has 0 atom stereocenters. The van der Waals surface area contributed by atoms with Gasteiger partial charge in [-0.3, -0.25) is 4.72 Å². The van der Waals surface area contributed by atoms with Crippen LogP contribution in [-0.2, 0) is 16.2 Å². The Morgan fingerprint density at radius 3 is 2.67 bits per heavy atom. The van der Waals surface area contributed by atoms with Gasteiger partial charge in [-0.2, -0.15) is 13.2 Å². The fraction of sp³-hybridized carbons (Fsp3) is 0.167. The third-order valence-electron chi connectivity index (χ3n) is 4.33. The zero-order valence-corrected chi connectivity index (χ0v) is 17.4. The topological polar surface area (TPSA) is 71.5 Å². The van der Waals surface area contributed by atoms with Crippen LogP contribution in [0.4, 0.5) is 29.7 Å². The summed E-state index contributed by atoms with van der Waals surface area (Å²) in [7, 11) is -3.87. The average molecular weight is 476 g/mol. The van der Waals surface area contributed by atoms with Gasteiger partial charge in [0.1, 0.15) is 12.4 Å². The molecule has 1 aromatic heterocycles. The van der Waals surface area contributed by atoms with Crippen LogP contribution in [0.5, 0.6) is 5.75 Å². The van der Waals surface area contributed by atoms with Crippen molar-refractivity contribution in [2.45, 2.75) is 11.1 Å². The maximum atomic E-state index is 13.0. The van der Waals surface area contributed by atoms with E-state index in [0.717, 1.165) is 17.4 Å². The van der Waals surface area contributed by atoms with Gasteiger partial charge in [0.25, 0.3) is 10.0 Å². The van der Waals surface area contributed by atoms with Crippen molar-refractivity contribution in [2.75, 3.05) is 22.8 Å². The number of benzene rings is 2. The molecule has 0 amide bonds. The largest absolute Gasteiger partial charge is 0.489 e. The Morgan fingerprint density at radius 2 is 2.00 bits per heavy atom. The number of aromatic nitrogens is 1. The Bertz CT molecular complexity index is 1190. The number of sulfonamides is 1. The van der Waals surface area contributed by atoms with Crippen molar-refractivity contribution in [1.29, 1.82) is 0 Å². The Labute approximate surface area is 178 Å². The summed E-state index contributed by atoms with van der Waals surface area (Å²) in [5, 5.41) is 1.45. The lowest BCUT2D eigenvalue weighted by atomic mass is 10.1. The van der Waals surface area contributed by atoms with Crippen LogP contribution in [0.3, 0.4) is 0 Å². The van der Waals surface area contributed by atoms with Crippen LogP contribution in [0.15, 0.2) is 52.9 Å². The van der Waals surface area contributed by atoms with E-state index < -0.39 is 26.8 Å². The zero-order valence-electron chi connectivity index (χ0n) is 15.0. The van der Waals surface area contributed by atoms with E-state index in [1.807, 2.05) is 0 Å². The molecule has 0 saturated carbocycles. The number of halogens is 4. The second kappa shape index (κ2) is 7.64. The predicted octanol–water partition coefficient (Wildman–Crippen LogP) is 5.15. The number of nitrogens with zero attached hydrogens (tertiary/aromatic N) is 2. The molecule has 1 N–H and O–H groups in total. The molecule has 3 aromatic rings. The van der Waals surface area contributed by atoms with Crippen molar-refractivity contribution in [3.8, 4) is 5.75 Å². The fourth-order valence-electron chi connectivity index (χ4n) is 2.99. The monoisotopic (exact) mass is 475 g/mol. The number of thiazole rings is 1. The highest BCUT2D eigenvalue weighted by Gasteiger charge is 2.33. The van der Waals surface area contributed by atoms with Gasteiger partial charge in [-0.1, -0.05) is 11.6 Å². The molecule has 0 bridgehead atoms. The van der Waals surface area contributed by atoms with E-state index in [-0.39, 0.29) is 16.6 Å². The van der Waals surface area contributed by atoms with Crippen LogP contribution < -0.4 is 14.4 Å². The van der Waals surface area contributed by atoms with Gasteiger partial charge in [0.05, 0.1) is 27.7 Å². The summed E-state index contributed by atoms with van der Waals surface area (Å²) in [6.07, 6.45) is -3.07. The molecule has 1 aliphatic rings. The average Bonchev–Trinajstić information content (AvgIpc) is 3.18. The van der Waals surface area contributed by atoms with Gasteiger partial charge >= 0.3 is 6.18 Å². The van der Waals surface area contributed by atoms with Crippen molar-refractivity contribution in [1.82, 2.24) is 4.98 Å². The first-order chi connectivity index (χ1) is 14.1. The smallest absolute Gasteiger partial charge is 0.417 e. The molecule has 0 saturated heterocycles. The predicted molar refractivity (Wildman–Crippen MR) is 108 cm³/mol. The Kier molecular flexibility index (Phi) is 5.28. The standard InChI is InChI=1S/C18H13ClF3N3O3S2/c19-14-9-11(1-3-13(14)18(20,21)22)25-6-7-28-16-10-12(2-4-15(16)25)30(26,27)24-17-23-5-8-29-17/h1-5,8-10H,6-7H2,(H,23,24). The molecule has 0 spiro atoms. The second-order valence-electron chi connectivity index (χ2n) is 6.23. The molecule has 0 unspecified atom stereocenters. The van der Waals surface area contributed by atoms with Gasteiger partial charge in [0.15, 0.2) is 5.13 Å². The van der Waals surface area contributed by atoms with Gasteiger partial charge in [0.2, 0.25) is 0 Å². The number of hydrogen-bond acceptors (Lipinski definition) is 6. The molecule has 2 heterocycles. The molecule has 0 aliphatic carbocycles. The van der Waals surface area contributed by atoms with Crippen molar-refractivity contribution in [2.24, 2.45) is 0 Å². The summed E-state index contributed by atoms with van der Waals surface area (Å²) in [6, 6.07) is 7.76. The third kappa shape index (κ3) is 4.05. The van der Waals surface area contributed by atoms with Gasteiger partial charge in [-0.05, 0) is 30.3 Å². The summed E-state index contributed by atoms with van der Waals surface area (Å²) < 4.78 is 72.0. The number of ether oxygens (including phenoxy) is 1. The van der Waals surface area contributed by atoms with Crippen LogP contribution in [0.2, 0.25) is 5.02 Å². The number of hydrogen-bond donors (Lipinski definition) is 1. The van der Waals surface area contributed by atoms with Crippen molar-refractivity contribution in [3.05, 3.63) is 58.6 Å². The molecule has 158 valence electrons. The summed E-state index contributed by atoms with van der Waals surface area (Å²) in [6.45, 7) is 0.577. The van der Waals surface area contributed by atoms with E-state index in [0.29, 0.717) is 23.7 Å². The Hall–Kier alpha value is -2.50. The minimum Gasteiger partial charge on any atom is -0.489 e. The maximum absolute atomic E-state index is 13.0. The Morgan fingerprint density at radius 1 is 1.20 bits per heavy atom. The lowest BCUT2D eigenvalue weighted by molar-refractivity contribution is -0.137. The summed E-state index contributed by atoms with van der Waals surface area (Å²) in [5.74, 6) is 0.291. The maximum Gasteiger partial charge on any atom is 0.417 e. The molecule has 2 aromatic carbocycles. The minimum absolute atomic E-state index is 0.0243. The van der Waals surface area contributed by atoms with E-state index in [4.69, 9.17) is 16.3 Å². The van der Waals surface area contributed by atoms with Gasteiger partial charge in [-0.15, -0.1) is 11.3 Å². The molecule has 1 aliphatic heterocycles. The third-order valence-corrected chi connectivity index (χ3v) is 6.80. The molecular formula is C18H13ClF3N3O3S2. The first kappa shape index (κ1) is 20.8. The number of fused-ring (bicyclic) bond motifs is 1. The van der Waals surface area contributed by atoms with E-state index in [9.17, 15) is 21.6 Å². The molecule has 0 fully saturated rings. The first-order valence-electron chi connectivity index (χ1n) is 8.48. The number of rotatable bonds is 4. The van der Waals surface area contributed by atoms with E-state index in [1.54, 1.807) is 10.3 Å². The normalized spacial score (nSPS) is 14.2. The van der Waals surface area contributed by atoms with Gasteiger partial charge in [0, 0.05) is 23.3 Å². The highest BCUT2D eigenvalue weighted by atomic mass is 35.5. The summed E-state index contributed by atoms with van der Waals surface area (Å²) in [5.41, 5.74) is 0.0374. The number of nitrogens with one attached hydrogen (secondary N) is 1. The van der Waals surface area contributed by atoms with E-state index >= 15 is 0 Å². The first-order valence-corrected chi connectivity index (χ1v) is 11.2. The minimum atomic E-state index is -4.55. The highest BCUT2D eigenvalue weighted by molar-refractivity contribution is 7.93. The van der Waals surface area contributed by atoms with Gasteiger partial charge in [-0.25, -0.2) is 13.4 Å². The highest BCUT2D eigenvalue weighted by Crippen LogP contribution is 2.41. The van der Waals surface area contributed by atoms with Crippen LogP contribution in [-0.4, -0.2) is 26.6 Å². The summed E-state index contributed by atoms with van der Waals surface area (Å²) >= 11 is 6.98. The van der Waals surface area contributed by atoms with E-state index in [1.165, 1.54) is 36.5 Å². The SMILES string of the molecule is O=S(=O)(Nc1nccs1)c1ccc2c(c1)OCCN2c1ccc(C(F)(F)F)c(Cl)c1. The van der Waals surface area contributed by atoms with Crippen LogP contribution in [0.25, 0.3) is 0 Å². The van der Waals surface area contributed by atoms with Crippen LogP contribution in [0.1, 0.15) is 5.56 Å². The second-order valence-corrected chi connectivity index (χ2v) is 9.22.